The Hall–Kier alpha value is -1.75. The zero-order chi connectivity index (χ0) is 19.6. The maximum Gasteiger partial charge on any atom is 0.198 e. The second-order valence-electron chi connectivity index (χ2n) is 7.89. The van der Waals surface area contributed by atoms with Gasteiger partial charge in [0.1, 0.15) is 5.75 Å². The number of hydrogen-bond acceptors (Lipinski definition) is 3. The van der Waals surface area contributed by atoms with Crippen LogP contribution in [0.4, 0.5) is 5.69 Å². The van der Waals surface area contributed by atoms with Crippen molar-refractivity contribution in [2.45, 2.75) is 65.3 Å². The molecule has 1 aromatic carbocycles. The van der Waals surface area contributed by atoms with E-state index >= 15 is 0 Å². The topological polar surface area (TPSA) is 65.6 Å². The molecule has 1 atom stereocenters. The highest BCUT2D eigenvalue weighted by Gasteiger charge is 2.26. The lowest BCUT2D eigenvalue weighted by Crippen LogP contribution is -2.51. The average molecular weight is 375 g/mol. The van der Waals surface area contributed by atoms with Gasteiger partial charge in [-0.1, -0.05) is 20.8 Å². The molecule has 1 fully saturated rings. The van der Waals surface area contributed by atoms with Crippen LogP contribution in [0.25, 0.3) is 0 Å². The molecule has 5 heteroatoms. The Balaban J connectivity index is 2.09. The van der Waals surface area contributed by atoms with Gasteiger partial charge < -0.3 is 20.3 Å². The number of benzene rings is 1. The van der Waals surface area contributed by atoms with Gasteiger partial charge in [0, 0.05) is 24.8 Å². The molecule has 0 aromatic heterocycles. The van der Waals surface area contributed by atoms with Gasteiger partial charge in [0.05, 0.1) is 6.61 Å². The molecule has 0 amide bonds. The van der Waals surface area contributed by atoms with E-state index in [9.17, 15) is 0 Å². The molecule has 1 aliphatic rings. The molecule has 27 heavy (non-hydrogen) atoms. The molecule has 3 N–H and O–H groups in total. The van der Waals surface area contributed by atoms with Crippen molar-refractivity contribution < 1.29 is 4.74 Å². The molecule has 0 saturated carbocycles. The first-order chi connectivity index (χ1) is 13.1. The molecule has 2 rings (SSSR count). The van der Waals surface area contributed by atoms with E-state index in [-0.39, 0.29) is 0 Å². The smallest absolute Gasteiger partial charge is 0.198 e. The largest absolute Gasteiger partial charge is 0.494 e. The minimum Gasteiger partial charge on any atom is -0.494 e. The number of hydrogen-bond donors (Lipinski definition) is 2. The normalized spacial score (nSPS) is 17.2. The summed E-state index contributed by atoms with van der Waals surface area (Å²) < 4.78 is 5.84. The molecule has 1 heterocycles. The Bertz CT molecular complexity index is 558. The summed E-state index contributed by atoms with van der Waals surface area (Å²) in [6.45, 7) is 9.77. The van der Waals surface area contributed by atoms with Gasteiger partial charge in [-0.3, -0.25) is 5.41 Å². The van der Waals surface area contributed by atoms with Crippen LogP contribution in [0.15, 0.2) is 24.3 Å². The van der Waals surface area contributed by atoms with Gasteiger partial charge in [0.2, 0.25) is 0 Å². The second kappa shape index (κ2) is 11.2. The standard InChI is InChI=1S/C22H38N4O/c1-4-19-8-5-6-15-25(19)22(24)26(16-7-14-23)20-9-11-21(12-10-20)27-17-13-18(2)3/h9-12,18-19,24H,4-8,13-17,23H2,1-3H3. The average Bonchev–Trinajstić information content (AvgIpc) is 2.68. The number of likely N-dealkylation sites (tertiary alicyclic amines) is 1. The zero-order valence-corrected chi connectivity index (χ0v) is 17.4. The van der Waals surface area contributed by atoms with Crippen LogP contribution >= 0.6 is 0 Å². The van der Waals surface area contributed by atoms with Gasteiger partial charge in [-0.2, -0.15) is 0 Å². The third-order valence-electron chi connectivity index (χ3n) is 5.32. The summed E-state index contributed by atoms with van der Waals surface area (Å²) >= 11 is 0. The quantitative estimate of drug-likeness (QED) is 0.494. The van der Waals surface area contributed by atoms with Crippen molar-refractivity contribution in [1.29, 1.82) is 5.41 Å². The second-order valence-corrected chi connectivity index (χ2v) is 7.89. The van der Waals surface area contributed by atoms with Crippen molar-refractivity contribution in [1.82, 2.24) is 4.90 Å². The third-order valence-corrected chi connectivity index (χ3v) is 5.32. The Morgan fingerprint density at radius 3 is 2.67 bits per heavy atom. The van der Waals surface area contributed by atoms with E-state index in [1.807, 2.05) is 12.1 Å². The van der Waals surface area contributed by atoms with Crippen molar-refractivity contribution in [3.63, 3.8) is 0 Å². The molecule has 1 aromatic rings. The van der Waals surface area contributed by atoms with E-state index in [0.29, 0.717) is 24.5 Å². The van der Waals surface area contributed by atoms with Crippen LogP contribution in [0.3, 0.4) is 0 Å². The predicted octanol–water partition coefficient (Wildman–Crippen LogP) is 4.47. The van der Waals surface area contributed by atoms with Crippen LogP contribution < -0.4 is 15.4 Å². The molecule has 1 aliphatic heterocycles. The first-order valence-corrected chi connectivity index (χ1v) is 10.6. The lowest BCUT2D eigenvalue weighted by Gasteiger charge is -2.41. The fourth-order valence-corrected chi connectivity index (χ4v) is 3.60. The summed E-state index contributed by atoms with van der Waals surface area (Å²) in [5.74, 6) is 2.16. The highest BCUT2D eigenvalue weighted by Crippen LogP contribution is 2.25. The fourth-order valence-electron chi connectivity index (χ4n) is 3.60. The highest BCUT2D eigenvalue weighted by atomic mass is 16.5. The van der Waals surface area contributed by atoms with Gasteiger partial charge >= 0.3 is 0 Å². The molecule has 0 bridgehead atoms. The summed E-state index contributed by atoms with van der Waals surface area (Å²) in [5.41, 5.74) is 6.81. The Kier molecular flexibility index (Phi) is 8.92. The SMILES string of the molecule is CCC1CCCCN1C(=N)N(CCCN)c1ccc(OCCC(C)C)cc1. The molecule has 1 saturated heterocycles. The van der Waals surface area contributed by atoms with Gasteiger partial charge in [-0.15, -0.1) is 0 Å². The Morgan fingerprint density at radius 1 is 1.30 bits per heavy atom. The van der Waals surface area contributed by atoms with E-state index in [0.717, 1.165) is 50.4 Å². The number of anilines is 1. The van der Waals surface area contributed by atoms with E-state index in [1.165, 1.54) is 19.3 Å². The number of rotatable bonds is 9. The predicted molar refractivity (Wildman–Crippen MR) is 115 cm³/mol. The van der Waals surface area contributed by atoms with Crippen molar-refractivity contribution >= 4 is 11.6 Å². The lowest BCUT2D eigenvalue weighted by molar-refractivity contribution is 0.230. The number of nitrogens with zero attached hydrogens (tertiary/aromatic N) is 2. The van der Waals surface area contributed by atoms with Crippen LogP contribution in [0, 0.1) is 11.3 Å². The molecule has 5 nitrogen and oxygen atoms in total. The highest BCUT2D eigenvalue weighted by molar-refractivity contribution is 5.94. The fraction of sp³-hybridized carbons (Fsp3) is 0.682. The molecule has 0 spiro atoms. The van der Waals surface area contributed by atoms with E-state index in [1.54, 1.807) is 0 Å². The van der Waals surface area contributed by atoms with Gasteiger partial charge in [-0.05, 0) is 75.3 Å². The molecule has 0 radical (unpaired) electrons. The number of ether oxygens (including phenoxy) is 1. The number of nitrogens with one attached hydrogen (secondary N) is 1. The van der Waals surface area contributed by atoms with Crippen molar-refractivity contribution in [2.24, 2.45) is 11.7 Å². The van der Waals surface area contributed by atoms with Gasteiger partial charge in [-0.25, -0.2) is 0 Å². The molecule has 1 unspecified atom stereocenters. The van der Waals surface area contributed by atoms with Crippen LogP contribution in [-0.2, 0) is 0 Å². The molecular weight excluding hydrogens is 336 g/mol. The van der Waals surface area contributed by atoms with Crippen LogP contribution in [-0.4, -0.2) is 43.1 Å². The number of guanidine groups is 1. The molecule has 152 valence electrons. The monoisotopic (exact) mass is 374 g/mol. The Labute approximate surface area is 165 Å². The zero-order valence-electron chi connectivity index (χ0n) is 17.4. The van der Waals surface area contributed by atoms with E-state index < -0.39 is 0 Å². The van der Waals surface area contributed by atoms with Gasteiger partial charge in [0.25, 0.3) is 0 Å². The van der Waals surface area contributed by atoms with Crippen molar-refractivity contribution in [2.75, 3.05) is 31.1 Å². The van der Waals surface area contributed by atoms with E-state index in [2.05, 4.69) is 42.7 Å². The maximum absolute atomic E-state index is 8.88. The number of piperidine rings is 1. The first-order valence-electron chi connectivity index (χ1n) is 10.6. The van der Waals surface area contributed by atoms with Crippen molar-refractivity contribution in [3.05, 3.63) is 24.3 Å². The minimum atomic E-state index is 0.477. The Morgan fingerprint density at radius 2 is 2.04 bits per heavy atom. The van der Waals surface area contributed by atoms with Crippen LogP contribution in [0.1, 0.15) is 59.3 Å². The summed E-state index contributed by atoms with van der Waals surface area (Å²) in [4.78, 5) is 4.39. The van der Waals surface area contributed by atoms with Crippen LogP contribution in [0.5, 0.6) is 5.75 Å². The van der Waals surface area contributed by atoms with Crippen molar-refractivity contribution in [3.8, 4) is 5.75 Å². The lowest BCUT2D eigenvalue weighted by atomic mass is 10.0. The van der Waals surface area contributed by atoms with Gasteiger partial charge in [0.15, 0.2) is 5.96 Å². The molecule has 0 aliphatic carbocycles. The maximum atomic E-state index is 8.88. The number of nitrogens with two attached hydrogens (primary N) is 1. The third kappa shape index (κ3) is 6.42. The summed E-state index contributed by atoms with van der Waals surface area (Å²) in [5, 5.41) is 8.88. The summed E-state index contributed by atoms with van der Waals surface area (Å²) in [7, 11) is 0. The summed E-state index contributed by atoms with van der Waals surface area (Å²) in [6, 6.07) is 8.66. The first kappa shape index (κ1) is 21.5. The molecular formula is C22H38N4O. The summed E-state index contributed by atoms with van der Waals surface area (Å²) in [6.07, 6.45) is 6.66. The van der Waals surface area contributed by atoms with E-state index in [4.69, 9.17) is 15.9 Å². The van der Waals surface area contributed by atoms with Crippen LogP contribution in [0.2, 0.25) is 0 Å². The minimum absolute atomic E-state index is 0.477.